The summed E-state index contributed by atoms with van der Waals surface area (Å²) in [6, 6.07) is 0. The molecule has 118 valence electrons. The predicted octanol–water partition coefficient (Wildman–Crippen LogP) is 1.28. The molecule has 21 heavy (non-hydrogen) atoms. The Hall–Kier alpha value is -1.92. The van der Waals surface area contributed by atoms with Crippen LogP contribution in [0.4, 0.5) is 0 Å². The lowest BCUT2D eigenvalue weighted by molar-refractivity contribution is -0.130. The summed E-state index contributed by atoms with van der Waals surface area (Å²) in [4.78, 5) is 25.3. The fraction of sp³-hybridized carbons (Fsp3) is 0.714. The molecule has 0 N–H and O–H groups in total. The Bertz CT molecular complexity index is 481. The zero-order valence-corrected chi connectivity index (χ0v) is 13.3. The minimum atomic E-state index is -0.475. The molecule has 0 fully saturated rings. The molecule has 1 rings (SSSR count). The van der Waals surface area contributed by atoms with Gasteiger partial charge in [0.25, 0.3) is 0 Å². The van der Waals surface area contributed by atoms with Crippen molar-refractivity contribution in [2.24, 2.45) is 0 Å². The smallest absolute Gasteiger partial charge is 0.360 e. The lowest BCUT2D eigenvalue weighted by Crippen LogP contribution is -2.30. The van der Waals surface area contributed by atoms with Crippen molar-refractivity contribution in [1.82, 2.24) is 19.9 Å². The Balaban J connectivity index is 2.62. The van der Waals surface area contributed by atoms with Gasteiger partial charge in [-0.1, -0.05) is 12.1 Å². The minimum Gasteiger partial charge on any atom is -0.464 e. The molecule has 0 unspecified atom stereocenters. The van der Waals surface area contributed by atoms with Gasteiger partial charge in [-0.2, -0.15) is 0 Å². The Morgan fingerprint density at radius 2 is 1.90 bits per heavy atom. The SMILES string of the molecule is CCc1c(C(=O)OC)nnn1CCCC(=O)N(CC)CC. The lowest BCUT2D eigenvalue weighted by atomic mass is 10.2. The third kappa shape index (κ3) is 4.27. The topological polar surface area (TPSA) is 77.3 Å². The molecule has 0 atom stereocenters. The van der Waals surface area contributed by atoms with Crippen LogP contribution in [-0.4, -0.2) is 52.0 Å². The van der Waals surface area contributed by atoms with Crippen LogP contribution in [0.2, 0.25) is 0 Å². The second kappa shape index (κ2) is 8.39. The Kier molecular flexibility index (Phi) is 6.84. The quantitative estimate of drug-likeness (QED) is 0.675. The van der Waals surface area contributed by atoms with Gasteiger partial charge in [0.05, 0.1) is 12.8 Å². The largest absolute Gasteiger partial charge is 0.464 e. The molecule has 0 spiro atoms. The molecular weight excluding hydrogens is 272 g/mol. The third-order valence-corrected chi connectivity index (χ3v) is 3.43. The van der Waals surface area contributed by atoms with Crippen molar-refractivity contribution in [3.8, 4) is 0 Å². The van der Waals surface area contributed by atoms with E-state index in [1.807, 2.05) is 25.7 Å². The first-order chi connectivity index (χ1) is 10.1. The number of aromatic nitrogens is 3. The number of ether oxygens (including phenoxy) is 1. The molecule has 1 aromatic rings. The van der Waals surface area contributed by atoms with Gasteiger partial charge in [0.2, 0.25) is 5.91 Å². The molecule has 1 aromatic heterocycles. The molecular formula is C14H24N4O3. The maximum absolute atomic E-state index is 11.9. The first kappa shape index (κ1) is 17.1. The maximum atomic E-state index is 11.9. The highest BCUT2D eigenvalue weighted by Gasteiger charge is 2.19. The second-order valence-corrected chi connectivity index (χ2v) is 4.62. The number of carbonyl (C=O) groups is 2. The molecule has 0 saturated carbocycles. The molecule has 0 aliphatic rings. The molecule has 0 bridgehead atoms. The van der Waals surface area contributed by atoms with Gasteiger partial charge in [0.1, 0.15) is 0 Å². The van der Waals surface area contributed by atoms with Gasteiger partial charge in [0, 0.05) is 26.1 Å². The van der Waals surface area contributed by atoms with Crippen molar-refractivity contribution in [2.75, 3.05) is 20.2 Å². The van der Waals surface area contributed by atoms with E-state index in [9.17, 15) is 9.59 Å². The molecule has 7 heteroatoms. The minimum absolute atomic E-state index is 0.145. The van der Waals surface area contributed by atoms with Crippen LogP contribution in [-0.2, 0) is 22.5 Å². The van der Waals surface area contributed by atoms with Crippen LogP contribution in [0, 0.1) is 0 Å². The van der Waals surface area contributed by atoms with Crippen molar-refractivity contribution in [2.45, 2.75) is 46.6 Å². The summed E-state index contributed by atoms with van der Waals surface area (Å²) in [5, 5.41) is 7.84. The van der Waals surface area contributed by atoms with Crippen LogP contribution in [0.25, 0.3) is 0 Å². The highest BCUT2D eigenvalue weighted by molar-refractivity contribution is 5.88. The van der Waals surface area contributed by atoms with E-state index in [1.165, 1.54) is 7.11 Å². The van der Waals surface area contributed by atoms with Crippen molar-refractivity contribution in [1.29, 1.82) is 0 Å². The zero-order chi connectivity index (χ0) is 15.8. The number of rotatable bonds is 8. The molecule has 7 nitrogen and oxygen atoms in total. The summed E-state index contributed by atoms with van der Waals surface area (Å²) < 4.78 is 6.36. The number of esters is 1. The summed E-state index contributed by atoms with van der Waals surface area (Å²) in [5.41, 5.74) is 1.01. The van der Waals surface area contributed by atoms with E-state index in [1.54, 1.807) is 4.68 Å². The molecule has 0 saturated heterocycles. The lowest BCUT2D eigenvalue weighted by Gasteiger charge is -2.18. The van der Waals surface area contributed by atoms with Crippen molar-refractivity contribution in [3.05, 3.63) is 11.4 Å². The van der Waals surface area contributed by atoms with Crippen LogP contribution in [0.1, 0.15) is 49.8 Å². The van der Waals surface area contributed by atoms with Gasteiger partial charge >= 0.3 is 5.97 Å². The molecule has 0 aliphatic heterocycles. The number of nitrogens with zero attached hydrogens (tertiary/aromatic N) is 4. The van der Waals surface area contributed by atoms with Crippen molar-refractivity contribution < 1.29 is 14.3 Å². The maximum Gasteiger partial charge on any atom is 0.360 e. The van der Waals surface area contributed by atoms with Gasteiger partial charge in [-0.05, 0) is 26.7 Å². The number of hydrogen-bond acceptors (Lipinski definition) is 5. The zero-order valence-electron chi connectivity index (χ0n) is 13.3. The number of methoxy groups -OCH3 is 1. The van der Waals surface area contributed by atoms with E-state index in [-0.39, 0.29) is 11.6 Å². The predicted molar refractivity (Wildman–Crippen MR) is 77.9 cm³/mol. The molecule has 0 aromatic carbocycles. The van der Waals surface area contributed by atoms with E-state index in [0.29, 0.717) is 25.8 Å². The van der Waals surface area contributed by atoms with Gasteiger partial charge in [-0.3, -0.25) is 4.79 Å². The standard InChI is InChI=1S/C14H24N4O3/c1-5-11-13(14(20)21-4)15-16-18(11)10-8-9-12(19)17(6-2)7-3/h5-10H2,1-4H3. The highest BCUT2D eigenvalue weighted by Crippen LogP contribution is 2.09. The number of carbonyl (C=O) groups excluding carboxylic acids is 2. The summed E-state index contributed by atoms with van der Waals surface area (Å²) >= 11 is 0. The van der Waals surface area contributed by atoms with Crippen molar-refractivity contribution >= 4 is 11.9 Å². The van der Waals surface area contributed by atoms with Crippen LogP contribution in [0.15, 0.2) is 0 Å². The average Bonchev–Trinajstić information content (AvgIpc) is 2.90. The molecule has 1 amide bonds. The molecule has 1 heterocycles. The summed E-state index contributed by atoms with van der Waals surface area (Å²) in [5.74, 6) is -0.330. The van der Waals surface area contributed by atoms with E-state index >= 15 is 0 Å². The van der Waals surface area contributed by atoms with Crippen LogP contribution in [0.5, 0.6) is 0 Å². The van der Waals surface area contributed by atoms with Crippen LogP contribution < -0.4 is 0 Å². The van der Waals surface area contributed by atoms with Gasteiger partial charge < -0.3 is 9.64 Å². The normalized spacial score (nSPS) is 10.5. The Morgan fingerprint density at radius 3 is 2.43 bits per heavy atom. The van der Waals surface area contributed by atoms with Crippen molar-refractivity contribution in [3.63, 3.8) is 0 Å². The first-order valence-electron chi connectivity index (χ1n) is 7.37. The fourth-order valence-electron chi connectivity index (χ4n) is 2.23. The summed E-state index contributed by atoms with van der Waals surface area (Å²) in [6.45, 7) is 7.90. The van der Waals surface area contributed by atoms with Gasteiger partial charge in [0.15, 0.2) is 5.69 Å². The Morgan fingerprint density at radius 1 is 1.24 bits per heavy atom. The monoisotopic (exact) mass is 296 g/mol. The highest BCUT2D eigenvalue weighted by atomic mass is 16.5. The molecule has 0 aliphatic carbocycles. The van der Waals surface area contributed by atoms with E-state index in [2.05, 4.69) is 15.0 Å². The average molecular weight is 296 g/mol. The van der Waals surface area contributed by atoms with E-state index in [4.69, 9.17) is 0 Å². The summed E-state index contributed by atoms with van der Waals surface area (Å²) in [6.07, 6.45) is 1.78. The summed E-state index contributed by atoms with van der Waals surface area (Å²) in [7, 11) is 1.32. The first-order valence-corrected chi connectivity index (χ1v) is 7.37. The third-order valence-electron chi connectivity index (χ3n) is 3.43. The Labute approximate surface area is 125 Å². The molecule has 0 radical (unpaired) electrons. The van der Waals surface area contributed by atoms with Crippen LogP contribution in [0.3, 0.4) is 0 Å². The van der Waals surface area contributed by atoms with E-state index < -0.39 is 5.97 Å². The van der Waals surface area contributed by atoms with E-state index in [0.717, 1.165) is 18.8 Å². The number of amides is 1. The van der Waals surface area contributed by atoms with Gasteiger partial charge in [-0.25, -0.2) is 9.48 Å². The van der Waals surface area contributed by atoms with Crippen LogP contribution >= 0.6 is 0 Å². The van der Waals surface area contributed by atoms with Gasteiger partial charge in [-0.15, -0.1) is 5.10 Å². The fourth-order valence-corrected chi connectivity index (χ4v) is 2.23. The second-order valence-electron chi connectivity index (χ2n) is 4.62. The number of aryl methyl sites for hydroxylation is 1. The number of hydrogen-bond donors (Lipinski definition) is 0.